The summed E-state index contributed by atoms with van der Waals surface area (Å²) in [7, 11) is -5.24. The topological polar surface area (TPSA) is 223 Å². The molecule has 2 atom stereocenters. The van der Waals surface area contributed by atoms with E-state index >= 15 is 0 Å². The zero-order chi connectivity index (χ0) is 22.7. The zero-order valence-electron chi connectivity index (χ0n) is 15.7. The Labute approximate surface area is 170 Å². The average Bonchev–Trinajstić information content (AvgIpc) is 2.67. The molecule has 0 radical (unpaired) electrons. The molecule has 11 N–H and O–H groups in total. The lowest BCUT2D eigenvalue weighted by Gasteiger charge is -2.59. The maximum Gasteiger partial charge on any atom is 0.324 e. The van der Waals surface area contributed by atoms with Gasteiger partial charge in [-0.1, -0.05) is 30.3 Å². The maximum absolute atomic E-state index is 10.8. The van der Waals surface area contributed by atoms with Crippen LogP contribution in [0, 0.1) is 5.41 Å². The van der Waals surface area contributed by atoms with E-state index in [0.717, 1.165) is 5.56 Å². The Hall–Kier alpha value is -0.360. The minimum atomic E-state index is -2.62. The van der Waals surface area contributed by atoms with Crippen LogP contribution in [0.2, 0.25) is 0 Å². The highest BCUT2D eigenvalue weighted by molar-refractivity contribution is 7.38. The first-order chi connectivity index (χ1) is 13.5. The van der Waals surface area contributed by atoms with E-state index in [0.29, 0.717) is 12.8 Å². The van der Waals surface area contributed by atoms with Gasteiger partial charge in [-0.25, -0.2) is 0 Å². The van der Waals surface area contributed by atoms with Crippen LogP contribution in [-0.4, -0.2) is 86.9 Å². The van der Waals surface area contributed by atoms with Gasteiger partial charge in [0.1, 0.15) is 0 Å². The maximum atomic E-state index is 10.8. The predicted molar refractivity (Wildman–Crippen MR) is 105 cm³/mol. The second-order valence-corrected chi connectivity index (χ2v) is 7.66. The average molecular weight is 460 g/mol. The molecule has 11 nitrogen and oxygen atoms in total. The molecule has 0 amide bonds. The van der Waals surface area contributed by atoms with E-state index in [-0.39, 0.29) is 13.0 Å². The highest BCUT2D eigenvalue weighted by Crippen LogP contribution is 2.56. The minimum absolute atomic E-state index is 0.277. The molecule has 0 spiro atoms. The fourth-order valence-electron chi connectivity index (χ4n) is 3.98. The SMILES string of the molecule is OCC1(O)CCCC(CO)(c2ccccc2)C1(CO)CO.OP(O)O.OP(O)O. The summed E-state index contributed by atoms with van der Waals surface area (Å²) < 4.78 is 0. The van der Waals surface area contributed by atoms with Crippen molar-refractivity contribution < 1.29 is 54.9 Å². The highest BCUT2D eigenvalue weighted by Gasteiger charge is 2.64. The molecule has 1 fully saturated rings. The lowest BCUT2D eigenvalue weighted by atomic mass is 9.48. The van der Waals surface area contributed by atoms with Gasteiger partial charge in [-0.05, 0) is 24.8 Å². The van der Waals surface area contributed by atoms with Gasteiger partial charge in [-0.2, -0.15) is 0 Å². The van der Waals surface area contributed by atoms with Crippen molar-refractivity contribution in [2.24, 2.45) is 5.41 Å². The summed E-state index contributed by atoms with van der Waals surface area (Å²) in [6.07, 6.45) is 1.39. The minimum Gasteiger partial charge on any atom is -0.396 e. The van der Waals surface area contributed by atoms with Gasteiger partial charge in [-0.15, -0.1) is 0 Å². The molecular formula is C16H30O11P2. The van der Waals surface area contributed by atoms with Gasteiger partial charge in [0.25, 0.3) is 0 Å². The van der Waals surface area contributed by atoms with Crippen LogP contribution in [0.25, 0.3) is 0 Å². The summed E-state index contributed by atoms with van der Waals surface area (Å²) in [6.45, 7) is -1.92. The van der Waals surface area contributed by atoms with Gasteiger partial charge < -0.3 is 54.9 Å². The Morgan fingerprint density at radius 3 is 1.48 bits per heavy atom. The Morgan fingerprint density at radius 1 is 0.690 bits per heavy atom. The van der Waals surface area contributed by atoms with E-state index in [1.165, 1.54) is 0 Å². The molecule has 2 unspecified atom stereocenters. The van der Waals surface area contributed by atoms with Gasteiger partial charge in [0.15, 0.2) is 0 Å². The van der Waals surface area contributed by atoms with Crippen molar-refractivity contribution in [1.82, 2.24) is 0 Å². The number of benzene rings is 1. The number of aliphatic hydroxyl groups excluding tert-OH is 4. The van der Waals surface area contributed by atoms with Crippen LogP contribution in [0.4, 0.5) is 0 Å². The second kappa shape index (κ2) is 13.1. The van der Waals surface area contributed by atoms with Gasteiger partial charge in [0.05, 0.1) is 37.4 Å². The lowest BCUT2D eigenvalue weighted by Crippen LogP contribution is -2.69. The van der Waals surface area contributed by atoms with Crippen molar-refractivity contribution in [1.29, 1.82) is 0 Å². The summed E-state index contributed by atoms with van der Waals surface area (Å²) in [5.41, 5.74) is -3.27. The van der Waals surface area contributed by atoms with Crippen molar-refractivity contribution in [3.63, 3.8) is 0 Å². The van der Waals surface area contributed by atoms with E-state index in [9.17, 15) is 25.5 Å². The summed E-state index contributed by atoms with van der Waals surface area (Å²) in [5.74, 6) is 0. The van der Waals surface area contributed by atoms with Gasteiger partial charge in [0.2, 0.25) is 0 Å². The third-order valence-corrected chi connectivity index (χ3v) is 5.40. The molecule has 1 aromatic rings. The Morgan fingerprint density at radius 2 is 1.14 bits per heavy atom. The Balaban J connectivity index is 0.000000837. The first-order valence-corrected chi connectivity index (χ1v) is 10.9. The molecule has 0 bridgehead atoms. The summed E-state index contributed by atoms with van der Waals surface area (Å²) in [4.78, 5) is 43.4. The molecule has 170 valence electrons. The van der Waals surface area contributed by atoms with E-state index in [2.05, 4.69) is 0 Å². The smallest absolute Gasteiger partial charge is 0.324 e. The number of hydrogen-bond acceptors (Lipinski definition) is 11. The van der Waals surface area contributed by atoms with Gasteiger partial charge >= 0.3 is 17.2 Å². The van der Waals surface area contributed by atoms with Crippen molar-refractivity contribution in [3.05, 3.63) is 35.9 Å². The van der Waals surface area contributed by atoms with E-state index in [1.54, 1.807) is 0 Å². The van der Waals surface area contributed by atoms with Crippen molar-refractivity contribution in [3.8, 4) is 0 Å². The van der Waals surface area contributed by atoms with Crippen LogP contribution in [0.5, 0.6) is 0 Å². The van der Waals surface area contributed by atoms with Crippen LogP contribution in [0.3, 0.4) is 0 Å². The molecule has 1 aliphatic rings. The van der Waals surface area contributed by atoms with E-state index in [4.69, 9.17) is 29.4 Å². The van der Waals surface area contributed by atoms with Gasteiger partial charge in [-0.3, -0.25) is 0 Å². The van der Waals surface area contributed by atoms with E-state index < -0.39 is 53.5 Å². The monoisotopic (exact) mass is 460 g/mol. The molecule has 29 heavy (non-hydrogen) atoms. The standard InChI is InChI=1S/C16H24O5.2H3O3P/c17-9-14(13-5-2-1-3-6-13)7-4-8-16(21,12-20)15(14,10-18)11-19;2*1-4(2)3/h1-3,5-6,17-21H,4,7-12H2;2*1-3H. The summed E-state index contributed by atoms with van der Waals surface area (Å²) >= 11 is 0. The lowest BCUT2D eigenvalue weighted by molar-refractivity contribution is -0.220. The zero-order valence-corrected chi connectivity index (χ0v) is 17.4. The van der Waals surface area contributed by atoms with Crippen molar-refractivity contribution in [2.75, 3.05) is 26.4 Å². The molecule has 1 aliphatic carbocycles. The van der Waals surface area contributed by atoms with Gasteiger partial charge in [0, 0.05) is 5.41 Å². The number of rotatable bonds is 5. The van der Waals surface area contributed by atoms with E-state index in [1.807, 2.05) is 30.3 Å². The molecule has 13 heteroatoms. The molecule has 1 saturated carbocycles. The molecule has 0 aromatic heterocycles. The first kappa shape index (κ1) is 28.6. The normalized spacial score (nSPS) is 25.7. The molecule has 0 saturated heterocycles. The van der Waals surface area contributed by atoms with Crippen LogP contribution in [0.1, 0.15) is 24.8 Å². The van der Waals surface area contributed by atoms with Crippen LogP contribution in [-0.2, 0) is 5.41 Å². The van der Waals surface area contributed by atoms with Crippen LogP contribution < -0.4 is 0 Å². The fraction of sp³-hybridized carbons (Fsp3) is 0.625. The molecular weight excluding hydrogens is 430 g/mol. The number of hydrogen-bond donors (Lipinski definition) is 11. The largest absolute Gasteiger partial charge is 0.396 e. The summed E-state index contributed by atoms with van der Waals surface area (Å²) in [5, 5.41) is 50.6. The third-order valence-electron chi connectivity index (χ3n) is 5.40. The molecule has 2 rings (SSSR count). The first-order valence-electron chi connectivity index (χ1n) is 8.47. The third kappa shape index (κ3) is 6.81. The molecule has 0 aliphatic heterocycles. The summed E-state index contributed by atoms with van der Waals surface area (Å²) in [6, 6.07) is 9.12. The molecule has 0 heterocycles. The van der Waals surface area contributed by atoms with Crippen LogP contribution >= 0.6 is 17.2 Å². The highest BCUT2D eigenvalue weighted by atomic mass is 31.2. The Kier molecular flexibility index (Phi) is 13.0. The Bertz CT molecular complexity index is 548. The van der Waals surface area contributed by atoms with Crippen molar-refractivity contribution in [2.45, 2.75) is 30.3 Å². The van der Waals surface area contributed by atoms with Crippen LogP contribution in [0.15, 0.2) is 30.3 Å². The molecule has 1 aromatic carbocycles. The quantitative estimate of drug-likeness (QED) is 0.219. The second-order valence-electron chi connectivity index (χ2n) is 6.58. The number of aliphatic hydroxyl groups is 5. The fourth-order valence-corrected chi connectivity index (χ4v) is 3.98. The predicted octanol–water partition coefficient (Wildman–Crippen LogP) is -1.82. The van der Waals surface area contributed by atoms with Crippen molar-refractivity contribution >= 4 is 17.2 Å².